The van der Waals surface area contributed by atoms with Crippen LogP contribution in [0.1, 0.15) is 126 Å². The van der Waals surface area contributed by atoms with Crippen LogP contribution in [0.2, 0.25) is 0 Å². The van der Waals surface area contributed by atoms with Gasteiger partial charge in [-0.3, -0.25) is 0 Å². The molecule has 0 unspecified atom stereocenters. The largest absolute Gasteiger partial charge is 0.507 e. The number of rotatable bonds is 12. The summed E-state index contributed by atoms with van der Waals surface area (Å²) in [5, 5.41) is 11.0. The minimum Gasteiger partial charge on any atom is -0.507 e. The van der Waals surface area contributed by atoms with Crippen molar-refractivity contribution in [2.45, 2.75) is 124 Å². The lowest BCUT2D eigenvalue weighted by Gasteiger charge is -2.28. The monoisotopic (exact) mass is 512 g/mol. The summed E-state index contributed by atoms with van der Waals surface area (Å²) < 4.78 is 0. The van der Waals surface area contributed by atoms with E-state index in [2.05, 4.69) is 109 Å². The Bertz CT molecular complexity index is 1090. The Morgan fingerprint density at radius 1 is 0.500 bits per heavy atom. The molecule has 3 aromatic rings. The quantitative estimate of drug-likeness (QED) is 0.239. The summed E-state index contributed by atoms with van der Waals surface area (Å²) in [5.41, 5.74) is 8.82. The molecule has 0 radical (unpaired) electrons. The average Bonchev–Trinajstić information content (AvgIpc) is 2.86. The number of unbranched alkanes of at least 4 members (excludes halogenated alkanes) is 5. The number of aromatic hydroxyl groups is 1. The molecule has 0 heterocycles. The van der Waals surface area contributed by atoms with Gasteiger partial charge in [0.15, 0.2) is 0 Å². The van der Waals surface area contributed by atoms with Crippen LogP contribution >= 0.6 is 0 Å². The summed E-state index contributed by atoms with van der Waals surface area (Å²) in [6.07, 6.45) is 12.3. The molecule has 38 heavy (non-hydrogen) atoms. The van der Waals surface area contributed by atoms with E-state index in [1.807, 2.05) is 0 Å². The molecule has 0 aliphatic heterocycles. The van der Waals surface area contributed by atoms with Crippen molar-refractivity contribution in [3.05, 3.63) is 99.6 Å². The van der Waals surface area contributed by atoms with E-state index in [1.54, 1.807) is 0 Å². The van der Waals surface area contributed by atoms with E-state index in [-0.39, 0.29) is 10.8 Å². The predicted molar refractivity (Wildman–Crippen MR) is 166 cm³/mol. The van der Waals surface area contributed by atoms with Gasteiger partial charge in [-0.05, 0) is 81.9 Å². The summed E-state index contributed by atoms with van der Waals surface area (Å²) >= 11 is 0. The van der Waals surface area contributed by atoms with Gasteiger partial charge in [-0.2, -0.15) is 0 Å². The summed E-state index contributed by atoms with van der Waals surface area (Å²) in [5.74, 6) is 0.466. The minimum atomic E-state index is -0.0891. The van der Waals surface area contributed by atoms with Gasteiger partial charge >= 0.3 is 0 Å². The van der Waals surface area contributed by atoms with Crippen molar-refractivity contribution >= 4 is 0 Å². The number of aryl methyl sites for hydroxylation is 3. The lowest BCUT2D eigenvalue weighted by Crippen LogP contribution is -2.18. The first kappa shape index (κ1) is 30.0. The molecule has 206 valence electrons. The topological polar surface area (TPSA) is 20.2 Å². The van der Waals surface area contributed by atoms with E-state index in [1.165, 1.54) is 72.8 Å². The van der Waals surface area contributed by atoms with Crippen LogP contribution in [0.5, 0.6) is 5.75 Å². The van der Waals surface area contributed by atoms with Gasteiger partial charge in [0, 0.05) is 0 Å². The van der Waals surface area contributed by atoms with Crippen LogP contribution in [0.15, 0.2) is 60.7 Å². The molecule has 0 atom stereocenters. The van der Waals surface area contributed by atoms with Crippen molar-refractivity contribution in [1.82, 2.24) is 0 Å². The second-order valence-electron chi connectivity index (χ2n) is 13.4. The summed E-state index contributed by atoms with van der Waals surface area (Å²) in [4.78, 5) is 0. The molecular formula is C37H52O. The second kappa shape index (κ2) is 13.5. The number of phenols is 1. The van der Waals surface area contributed by atoms with E-state index in [4.69, 9.17) is 0 Å². The van der Waals surface area contributed by atoms with Crippen molar-refractivity contribution in [3.63, 3.8) is 0 Å². The second-order valence-corrected chi connectivity index (χ2v) is 13.4. The zero-order valence-corrected chi connectivity index (χ0v) is 25.3. The fraction of sp³-hybridized carbons (Fsp3) is 0.514. The smallest absolute Gasteiger partial charge is 0.123 e. The van der Waals surface area contributed by atoms with Gasteiger partial charge in [0.2, 0.25) is 0 Å². The van der Waals surface area contributed by atoms with Crippen LogP contribution in [0, 0.1) is 0 Å². The van der Waals surface area contributed by atoms with Gasteiger partial charge in [-0.25, -0.2) is 0 Å². The predicted octanol–water partition coefficient (Wildman–Crippen LogP) is 10.3. The van der Waals surface area contributed by atoms with Gasteiger partial charge in [-0.15, -0.1) is 0 Å². The first-order chi connectivity index (χ1) is 18.0. The Labute approximate surface area is 233 Å². The maximum atomic E-state index is 11.0. The molecule has 1 nitrogen and oxygen atoms in total. The highest BCUT2D eigenvalue weighted by atomic mass is 16.3. The molecular weight excluding hydrogens is 460 g/mol. The Hall–Kier alpha value is -2.54. The van der Waals surface area contributed by atoms with E-state index in [9.17, 15) is 5.11 Å². The number of hydrogen-bond donors (Lipinski definition) is 1. The molecule has 0 aliphatic rings. The zero-order valence-electron chi connectivity index (χ0n) is 25.3. The molecule has 1 N–H and O–H groups in total. The fourth-order valence-corrected chi connectivity index (χ4v) is 5.26. The van der Waals surface area contributed by atoms with Gasteiger partial charge in [0.05, 0.1) is 0 Å². The standard InChI is InChI=1S/C37H52O/c1-8-9-10-11-12-13-14-28-15-20-30(21-16-28)25-31-22-17-29(18-23-31)19-24-32-26-33(36(2,3)4)35(38)34(27-32)37(5,6)7/h15-18,20-23,26-27,38H,8-14,19,24-25H2,1-7H3. The normalized spacial score (nSPS) is 12.2. The van der Waals surface area contributed by atoms with E-state index < -0.39 is 0 Å². The number of hydrogen-bond acceptors (Lipinski definition) is 1. The molecule has 0 amide bonds. The molecule has 0 saturated carbocycles. The van der Waals surface area contributed by atoms with Crippen LogP contribution in [0.25, 0.3) is 0 Å². The molecule has 0 aromatic heterocycles. The SMILES string of the molecule is CCCCCCCCc1ccc(Cc2ccc(CCc3cc(C(C)(C)C)c(O)c(C(C)(C)C)c3)cc2)cc1. The van der Waals surface area contributed by atoms with Gasteiger partial charge in [-0.1, -0.05) is 141 Å². The number of benzene rings is 3. The fourth-order valence-electron chi connectivity index (χ4n) is 5.26. The molecule has 0 bridgehead atoms. The van der Waals surface area contributed by atoms with Gasteiger partial charge in [0.1, 0.15) is 5.75 Å². The van der Waals surface area contributed by atoms with E-state index >= 15 is 0 Å². The number of phenolic OH excluding ortho intramolecular Hbond substituents is 1. The Morgan fingerprint density at radius 2 is 0.895 bits per heavy atom. The highest BCUT2D eigenvalue weighted by Crippen LogP contribution is 2.40. The highest BCUT2D eigenvalue weighted by molar-refractivity contribution is 5.50. The van der Waals surface area contributed by atoms with E-state index in [0.29, 0.717) is 5.75 Å². The zero-order chi connectivity index (χ0) is 27.8. The lowest BCUT2D eigenvalue weighted by atomic mass is 9.78. The van der Waals surface area contributed by atoms with Crippen LogP contribution in [-0.2, 0) is 36.5 Å². The third-order valence-electron chi connectivity index (χ3n) is 7.76. The third kappa shape index (κ3) is 9.04. The summed E-state index contributed by atoms with van der Waals surface area (Å²) in [6.45, 7) is 15.4. The molecule has 1 heteroatoms. The third-order valence-corrected chi connectivity index (χ3v) is 7.76. The summed E-state index contributed by atoms with van der Waals surface area (Å²) in [6, 6.07) is 22.9. The lowest BCUT2D eigenvalue weighted by molar-refractivity contribution is 0.422. The van der Waals surface area contributed by atoms with Crippen LogP contribution in [0.4, 0.5) is 0 Å². The minimum absolute atomic E-state index is 0.0891. The Kier molecular flexibility index (Phi) is 10.7. The molecule has 3 aromatic carbocycles. The molecule has 0 spiro atoms. The van der Waals surface area contributed by atoms with Crippen LogP contribution < -0.4 is 0 Å². The maximum absolute atomic E-state index is 11.0. The Morgan fingerprint density at radius 3 is 1.37 bits per heavy atom. The molecule has 0 saturated heterocycles. The Balaban J connectivity index is 1.56. The first-order valence-corrected chi connectivity index (χ1v) is 15.0. The molecule has 0 fully saturated rings. The van der Waals surface area contributed by atoms with Crippen molar-refractivity contribution in [3.8, 4) is 5.75 Å². The van der Waals surface area contributed by atoms with E-state index in [0.717, 1.165) is 30.4 Å². The van der Waals surface area contributed by atoms with Gasteiger partial charge < -0.3 is 5.11 Å². The van der Waals surface area contributed by atoms with Crippen LogP contribution in [0.3, 0.4) is 0 Å². The van der Waals surface area contributed by atoms with Crippen molar-refractivity contribution in [1.29, 1.82) is 0 Å². The van der Waals surface area contributed by atoms with Gasteiger partial charge in [0.25, 0.3) is 0 Å². The maximum Gasteiger partial charge on any atom is 0.123 e. The molecule has 0 aliphatic carbocycles. The summed E-state index contributed by atoms with van der Waals surface area (Å²) in [7, 11) is 0. The first-order valence-electron chi connectivity index (χ1n) is 15.0. The van der Waals surface area contributed by atoms with Crippen molar-refractivity contribution in [2.75, 3.05) is 0 Å². The van der Waals surface area contributed by atoms with Crippen molar-refractivity contribution in [2.24, 2.45) is 0 Å². The highest BCUT2D eigenvalue weighted by Gasteiger charge is 2.26. The average molecular weight is 513 g/mol. The van der Waals surface area contributed by atoms with Crippen LogP contribution in [-0.4, -0.2) is 5.11 Å². The van der Waals surface area contributed by atoms with Crippen molar-refractivity contribution < 1.29 is 5.11 Å². The molecule has 3 rings (SSSR count).